The number of aryl methyl sites for hydroxylation is 1. The number of aromatic nitrogens is 4. The van der Waals surface area contributed by atoms with Gasteiger partial charge in [-0.15, -0.1) is 0 Å². The number of rotatable bonds is 11. The Bertz CT molecular complexity index is 805. The van der Waals surface area contributed by atoms with E-state index in [0.717, 1.165) is 13.0 Å². The first kappa shape index (κ1) is 19.6. The van der Waals surface area contributed by atoms with Gasteiger partial charge in [0, 0.05) is 38.6 Å². The van der Waals surface area contributed by atoms with E-state index in [4.69, 9.17) is 10.5 Å². The molecule has 0 atom stereocenters. The van der Waals surface area contributed by atoms with Crippen LogP contribution in [0.3, 0.4) is 0 Å². The molecule has 11 heteroatoms. The van der Waals surface area contributed by atoms with Gasteiger partial charge in [-0.1, -0.05) is 0 Å². The molecular formula is C16H19N9O2. The molecule has 0 aromatic carbocycles. The molecule has 27 heavy (non-hydrogen) atoms. The minimum Gasteiger partial charge on any atom is -0.364 e. The van der Waals surface area contributed by atoms with E-state index in [1.165, 1.54) is 6.33 Å². The first-order chi connectivity index (χ1) is 13.2. The SMILES string of the molecule is N#CCCN(CCC#N)c1ncnc(NCCCn2ccnc2)c1[N+](=O)[O-]. The van der Waals surface area contributed by atoms with Crippen molar-refractivity contribution in [3.05, 3.63) is 35.2 Å². The molecule has 2 aromatic rings. The standard InChI is InChI=1S/C16H19N9O2/c17-4-1-9-24(10-2-5-18)16-14(25(26)27)15(21-12-22-16)20-6-3-8-23-11-7-19-13-23/h7,11-13H,1-3,6,8-10H2,(H,20,21,22). The second-order valence-electron chi connectivity index (χ2n) is 5.54. The van der Waals surface area contributed by atoms with Crippen molar-refractivity contribution in [3.63, 3.8) is 0 Å². The van der Waals surface area contributed by atoms with Gasteiger partial charge in [0.1, 0.15) is 6.33 Å². The molecular weight excluding hydrogens is 350 g/mol. The lowest BCUT2D eigenvalue weighted by molar-refractivity contribution is -0.383. The van der Waals surface area contributed by atoms with Gasteiger partial charge in [0.2, 0.25) is 11.6 Å². The van der Waals surface area contributed by atoms with E-state index in [2.05, 4.69) is 20.3 Å². The fourth-order valence-corrected chi connectivity index (χ4v) is 2.48. The van der Waals surface area contributed by atoms with Crippen LogP contribution in [0.4, 0.5) is 17.3 Å². The Hall–Kier alpha value is -3.73. The molecule has 0 spiro atoms. The molecule has 0 aliphatic heterocycles. The molecule has 0 unspecified atom stereocenters. The van der Waals surface area contributed by atoms with Gasteiger partial charge in [0.25, 0.3) is 0 Å². The van der Waals surface area contributed by atoms with E-state index >= 15 is 0 Å². The van der Waals surface area contributed by atoms with Gasteiger partial charge >= 0.3 is 5.69 Å². The van der Waals surface area contributed by atoms with E-state index < -0.39 is 4.92 Å². The molecule has 0 fully saturated rings. The van der Waals surface area contributed by atoms with Crippen molar-refractivity contribution in [2.75, 3.05) is 29.9 Å². The van der Waals surface area contributed by atoms with E-state index in [1.54, 1.807) is 17.4 Å². The molecule has 0 saturated heterocycles. The molecule has 2 aromatic heterocycles. The molecule has 2 rings (SSSR count). The minimum atomic E-state index is -0.542. The van der Waals surface area contributed by atoms with E-state index in [9.17, 15) is 10.1 Å². The highest BCUT2D eigenvalue weighted by atomic mass is 16.6. The maximum absolute atomic E-state index is 11.6. The van der Waals surface area contributed by atoms with E-state index in [1.807, 2.05) is 22.9 Å². The smallest absolute Gasteiger partial charge is 0.353 e. The summed E-state index contributed by atoms with van der Waals surface area (Å²) < 4.78 is 1.91. The predicted molar refractivity (Wildman–Crippen MR) is 96.7 cm³/mol. The molecule has 0 aliphatic carbocycles. The van der Waals surface area contributed by atoms with Crippen molar-refractivity contribution in [2.24, 2.45) is 0 Å². The Labute approximate surface area is 156 Å². The Balaban J connectivity index is 2.14. The van der Waals surface area contributed by atoms with Crippen LogP contribution in [0.15, 0.2) is 25.0 Å². The summed E-state index contributed by atoms with van der Waals surface area (Å²) in [6.45, 7) is 1.69. The number of nitriles is 2. The molecule has 140 valence electrons. The van der Waals surface area contributed by atoms with Crippen LogP contribution in [0.1, 0.15) is 19.3 Å². The van der Waals surface area contributed by atoms with Gasteiger partial charge in [-0.3, -0.25) is 10.1 Å². The molecule has 11 nitrogen and oxygen atoms in total. The quantitative estimate of drug-likeness (QED) is 0.354. The highest BCUT2D eigenvalue weighted by Crippen LogP contribution is 2.31. The molecule has 0 bridgehead atoms. The van der Waals surface area contributed by atoms with Gasteiger partial charge < -0.3 is 14.8 Å². The molecule has 1 N–H and O–H groups in total. The van der Waals surface area contributed by atoms with Crippen LogP contribution in [0.5, 0.6) is 0 Å². The van der Waals surface area contributed by atoms with Gasteiger partial charge in [-0.25, -0.2) is 15.0 Å². The average Bonchev–Trinajstić information content (AvgIpc) is 3.18. The van der Waals surface area contributed by atoms with Crippen molar-refractivity contribution in [3.8, 4) is 12.1 Å². The summed E-state index contributed by atoms with van der Waals surface area (Å²) in [6.07, 6.45) is 7.53. The fourth-order valence-electron chi connectivity index (χ4n) is 2.48. The van der Waals surface area contributed by atoms with Crippen molar-refractivity contribution in [1.29, 1.82) is 10.5 Å². The Kier molecular flexibility index (Phi) is 7.48. The second kappa shape index (κ2) is 10.3. The average molecular weight is 369 g/mol. The summed E-state index contributed by atoms with van der Waals surface area (Å²) >= 11 is 0. The molecule has 0 saturated carbocycles. The van der Waals surface area contributed by atoms with Gasteiger partial charge in [0.05, 0.1) is 36.2 Å². The number of nitrogens with zero attached hydrogens (tertiary/aromatic N) is 8. The Morgan fingerprint density at radius 1 is 1.26 bits per heavy atom. The van der Waals surface area contributed by atoms with Crippen LogP contribution in [0, 0.1) is 32.8 Å². The van der Waals surface area contributed by atoms with Gasteiger partial charge in [-0.2, -0.15) is 10.5 Å². The van der Waals surface area contributed by atoms with Crippen LogP contribution in [-0.2, 0) is 6.54 Å². The number of nitrogens with one attached hydrogen (secondary N) is 1. The summed E-state index contributed by atoms with van der Waals surface area (Å²) in [4.78, 5) is 24.7. The maximum atomic E-state index is 11.6. The van der Waals surface area contributed by atoms with Crippen LogP contribution < -0.4 is 10.2 Å². The normalized spacial score (nSPS) is 10.0. The van der Waals surface area contributed by atoms with Crippen molar-refractivity contribution < 1.29 is 4.92 Å². The summed E-state index contributed by atoms with van der Waals surface area (Å²) in [5, 5.41) is 32.2. The summed E-state index contributed by atoms with van der Waals surface area (Å²) in [5.41, 5.74) is -0.254. The van der Waals surface area contributed by atoms with Crippen LogP contribution in [0.2, 0.25) is 0 Å². The molecule has 0 amide bonds. The Morgan fingerprint density at radius 3 is 2.59 bits per heavy atom. The highest BCUT2D eigenvalue weighted by Gasteiger charge is 2.26. The predicted octanol–water partition coefficient (Wildman–Crippen LogP) is 1.72. The number of anilines is 2. The zero-order chi connectivity index (χ0) is 19.5. The summed E-state index contributed by atoms with van der Waals surface area (Å²) in [6, 6.07) is 4.00. The van der Waals surface area contributed by atoms with E-state index in [0.29, 0.717) is 6.54 Å². The lowest BCUT2D eigenvalue weighted by Crippen LogP contribution is -2.27. The molecule has 0 radical (unpaired) electrons. The van der Waals surface area contributed by atoms with Gasteiger partial charge in [0.15, 0.2) is 0 Å². The summed E-state index contributed by atoms with van der Waals surface area (Å²) in [5.74, 6) is 0.229. The third-order valence-electron chi connectivity index (χ3n) is 3.72. The third kappa shape index (κ3) is 5.64. The monoisotopic (exact) mass is 369 g/mol. The summed E-state index contributed by atoms with van der Waals surface area (Å²) in [7, 11) is 0. The zero-order valence-corrected chi connectivity index (χ0v) is 14.7. The van der Waals surface area contributed by atoms with Crippen molar-refractivity contribution in [2.45, 2.75) is 25.8 Å². The number of hydrogen-bond donors (Lipinski definition) is 1. The van der Waals surface area contributed by atoms with Crippen molar-refractivity contribution >= 4 is 17.3 Å². The first-order valence-corrected chi connectivity index (χ1v) is 8.35. The topological polar surface area (TPSA) is 150 Å². The van der Waals surface area contributed by atoms with Crippen molar-refractivity contribution in [1.82, 2.24) is 19.5 Å². The number of hydrogen-bond acceptors (Lipinski definition) is 9. The highest BCUT2D eigenvalue weighted by molar-refractivity contribution is 5.70. The number of imidazole rings is 1. The second-order valence-corrected chi connectivity index (χ2v) is 5.54. The fraction of sp³-hybridized carbons (Fsp3) is 0.438. The van der Waals surface area contributed by atoms with Crippen LogP contribution in [0.25, 0.3) is 0 Å². The first-order valence-electron chi connectivity index (χ1n) is 8.35. The van der Waals surface area contributed by atoms with Crippen LogP contribution >= 0.6 is 0 Å². The van der Waals surface area contributed by atoms with Gasteiger partial charge in [-0.05, 0) is 6.42 Å². The molecule has 2 heterocycles. The Morgan fingerprint density at radius 2 is 2.00 bits per heavy atom. The third-order valence-corrected chi connectivity index (χ3v) is 3.72. The van der Waals surface area contributed by atoms with E-state index in [-0.39, 0.29) is 43.3 Å². The number of nitro groups is 1. The minimum absolute atomic E-state index is 0.109. The lowest BCUT2D eigenvalue weighted by atomic mass is 10.3. The molecule has 0 aliphatic rings. The maximum Gasteiger partial charge on any atom is 0.353 e. The zero-order valence-electron chi connectivity index (χ0n) is 14.7. The lowest BCUT2D eigenvalue weighted by Gasteiger charge is -2.21. The van der Waals surface area contributed by atoms with Crippen LogP contribution in [-0.4, -0.2) is 44.1 Å². The largest absolute Gasteiger partial charge is 0.364 e.